The van der Waals surface area contributed by atoms with Gasteiger partial charge in [-0.2, -0.15) is 0 Å². The molecule has 0 aromatic heterocycles. The molecule has 2 atom stereocenters. The Morgan fingerprint density at radius 2 is 2.26 bits per heavy atom. The van der Waals surface area contributed by atoms with Gasteiger partial charge in [0.05, 0.1) is 5.56 Å². The maximum Gasteiger partial charge on any atom is 0.255 e. The number of benzene rings is 1. The highest BCUT2D eigenvalue weighted by atomic mass is 35.5. The van der Waals surface area contributed by atoms with Crippen molar-refractivity contribution in [3.63, 3.8) is 0 Å². The number of hydrogen-bond donors (Lipinski definition) is 2. The van der Waals surface area contributed by atoms with Crippen LogP contribution in [0.15, 0.2) is 18.2 Å². The Kier molecular flexibility index (Phi) is 4.70. The van der Waals surface area contributed by atoms with Crippen molar-refractivity contribution in [1.29, 1.82) is 0 Å². The molecular formula is C15H20ClNO2. The Morgan fingerprint density at radius 1 is 1.47 bits per heavy atom. The minimum atomic E-state index is -0.252. The van der Waals surface area contributed by atoms with E-state index in [2.05, 4.69) is 12.2 Å². The molecule has 2 rings (SSSR count). The van der Waals surface area contributed by atoms with E-state index in [0.717, 1.165) is 5.92 Å². The molecule has 2 unspecified atom stereocenters. The minimum Gasteiger partial charge on any atom is -0.507 e. The molecule has 0 aliphatic heterocycles. The summed E-state index contributed by atoms with van der Waals surface area (Å²) in [7, 11) is 0. The van der Waals surface area contributed by atoms with Crippen LogP contribution in [0, 0.1) is 11.8 Å². The van der Waals surface area contributed by atoms with Gasteiger partial charge in [-0.3, -0.25) is 4.79 Å². The average molecular weight is 282 g/mol. The highest BCUT2D eigenvalue weighted by Crippen LogP contribution is 2.28. The van der Waals surface area contributed by atoms with Crippen LogP contribution in [-0.2, 0) is 0 Å². The van der Waals surface area contributed by atoms with Gasteiger partial charge in [0.15, 0.2) is 0 Å². The van der Waals surface area contributed by atoms with E-state index in [9.17, 15) is 9.90 Å². The fourth-order valence-electron chi connectivity index (χ4n) is 2.77. The second-order valence-electron chi connectivity index (χ2n) is 5.51. The summed E-state index contributed by atoms with van der Waals surface area (Å²) in [5.74, 6) is 1.02. The van der Waals surface area contributed by atoms with Crippen LogP contribution >= 0.6 is 11.6 Å². The number of amides is 1. The predicted molar refractivity (Wildman–Crippen MR) is 76.6 cm³/mol. The molecule has 0 saturated heterocycles. The van der Waals surface area contributed by atoms with Gasteiger partial charge in [-0.15, -0.1) is 0 Å². The van der Waals surface area contributed by atoms with Gasteiger partial charge in [-0.05, 0) is 42.9 Å². The first kappa shape index (κ1) is 14.2. The molecule has 19 heavy (non-hydrogen) atoms. The lowest BCUT2D eigenvalue weighted by Crippen LogP contribution is -2.31. The second-order valence-corrected chi connectivity index (χ2v) is 5.95. The first-order valence-electron chi connectivity index (χ1n) is 6.83. The SMILES string of the molecule is CC1CCCC(CNC(=O)c2cc(Cl)ccc2O)C1. The lowest BCUT2D eigenvalue weighted by atomic mass is 9.82. The lowest BCUT2D eigenvalue weighted by molar-refractivity contribution is 0.0938. The van der Waals surface area contributed by atoms with Crippen molar-refractivity contribution in [3.05, 3.63) is 28.8 Å². The number of hydrogen-bond acceptors (Lipinski definition) is 2. The fraction of sp³-hybridized carbons (Fsp3) is 0.533. The van der Waals surface area contributed by atoms with Crippen LogP contribution in [0.3, 0.4) is 0 Å². The quantitative estimate of drug-likeness (QED) is 0.889. The molecule has 0 heterocycles. The standard InChI is InChI=1S/C15H20ClNO2/c1-10-3-2-4-11(7-10)9-17-15(19)13-8-12(16)5-6-14(13)18/h5-6,8,10-11,18H,2-4,7,9H2,1H3,(H,17,19). The van der Waals surface area contributed by atoms with Gasteiger partial charge in [0.2, 0.25) is 0 Å². The van der Waals surface area contributed by atoms with Crippen LogP contribution in [-0.4, -0.2) is 17.6 Å². The van der Waals surface area contributed by atoms with Crippen molar-refractivity contribution < 1.29 is 9.90 Å². The van der Waals surface area contributed by atoms with E-state index in [-0.39, 0.29) is 17.2 Å². The third-order valence-corrected chi connectivity index (χ3v) is 4.03. The molecule has 1 saturated carbocycles. The number of carbonyl (C=O) groups is 1. The summed E-state index contributed by atoms with van der Waals surface area (Å²) in [4.78, 5) is 12.0. The summed E-state index contributed by atoms with van der Waals surface area (Å²) >= 11 is 5.84. The zero-order valence-corrected chi connectivity index (χ0v) is 11.9. The first-order valence-corrected chi connectivity index (χ1v) is 7.20. The smallest absolute Gasteiger partial charge is 0.255 e. The van der Waals surface area contributed by atoms with Gasteiger partial charge < -0.3 is 10.4 Å². The second kappa shape index (κ2) is 6.29. The summed E-state index contributed by atoms with van der Waals surface area (Å²) < 4.78 is 0. The molecular weight excluding hydrogens is 262 g/mol. The fourth-order valence-corrected chi connectivity index (χ4v) is 2.94. The molecule has 1 aromatic carbocycles. The van der Waals surface area contributed by atoms with Crippen molar-refractivity contribution in [2.45, 2.75) is 32.6 Å². The summed E-state index contributed by atoms with van der Waals surface area (Å²) in [5.41, 5.74) is 0.247. The molecule has 3 nitrogen and oxygen atoms in total. The Labute approximate surface area is 119 Å². The largest absolute Gasteiger partial charge is 0.507 e. The molecule has 0 bridgehead atoms. The van der Waals surface area contributed by atoms with Crippen LogP contribution in [0.1, 0.15) is 43.0 Å². The van der Waals surface area contributed by atoms with Gasteiger partial charge in [0.1, 0.15) is 5.75 Å². The maximum absolute atomic E-state index is 12.0. The third kappa shape index (κ3) is 3.87. The number of phenols is 1. The van der Waals surface area contributed by atoms with E-state index in [1.54, 1.807) is 6.07 Å². The van der Waals surface area contributed by atoms with Crippen LogP contribution in [0.2, 0.25) is 5.02 Å². The van der Waals surface area contributed by atoms with Crippen molar-refractivity contribution in [2.24, 2.45) is 11.8 Å². The van der Waals surface area contributed by atoms with Crippen molar-refractivity contribution in [3.8, 4) is 5.75 Å². The van der Waals surface area contributed by atoms with E-state index in [1.165, 1.54) is 37.8 Å². The van der Waals surface area contributed by atoms with Crippen LogP contribution in [0.4, 0.5) is 0 Å². The predicted octanol–water partition coefficient (Wildman–Crippen LogP) is 3.60. The topological polar surface area (TPSA) is 49.3 Å². The molecule has 2 N–H and O–H groups in total. The van der Waals surface area contributed by atoms with Gasteiger partial charge in [0.25, 0.3) is 5.91 Å². The molecule has 4 heteroatoms. The number of phenolic OH excluding ortho intramolecular Hbond substituents is 1. The molecule has 1 amide bonds. The minimum absolute atomic E-state index is 0.0288. The van der Waals surface area contributed by atoms with Crippen LogP contribution < -0.4 is 5.32 Å². The summed E-state index contributed by atoms with van der Waals surface area (Å²) in [6.45, 7) is 2.94. The average Bonchev–Trinajstić information content (AvgIpc) is 2.39. The first-order chi connectivity index (χ1) is 9.06. The third-order valence-electron chi connectivity index (χ3n) is 3.80. The molecule has 1 fully saturated rings. The number of rotatable bonds is 3. The summed E-state index contributed by atoms with van der Waals surface area (Å²) in [6.07, 6.45) is 4.87. The molecule has 0 radical (unpaired) electrons. The van der Waals surface area contributed by atoms with Gasteiger partial charge >= 0.3 is 0 Å². The highest BCUT2D eigenvalue weighted by Gasteiger charge is 2.20. The van der Waals surface area contributed by atoms with E-state index in [4.69, 9.17) is 11.6 Å². The van der Waals surface area contributed by atoms with E-state index < -0.39 is 0 Å². The zero-order chi connectivity index (χ0) is 13.8. The lowest BCUT2D eigenvalue weighted by Gasteiger charge is -2.26. The van der Waals surface area contributed by atoms with E-state index in [0.29, 0.717) is 17.5 Å². The number of aromatic hydroxyl groups is 1. The number of carbonyl (C=O) groups excluding carboxylic acids is 1. The van der Waals surface area contributed by atoms with Crippen LogP contribution in [0.25, 0.3) is 0 Å². The van der Waals surface area contributed by atoms with Gasteiger partial charge in [-0.1, -0.05) is 31.4 Å². The molecule has 1 aliphatic rings. The Morgan fingerprint density at radius 3 is 3.00 bits per heavy atom. The van der Waals surface area contributed by atoms with E-state index in [1.807, 2.05) is 0 Å². The van der Waals surface area contributed by atoms with Gasteiger partial charge in [-0.25, -0.2) is 0 Å². The molecule has 104 valence electrons. The normalized spacial score (nSPS) is 23.1. The maximum atomic E-state index is 12.0. The Hall–Kier alpha value is -1.22. The van der Waals surface area contributed by atoms with Crippen molar-refractivity contribution in [1.82, 2.24) is 5.32 Å². The zero-order valence-electron chi connectivity index (χ0n) is 11.2. The highest BCUT2D eigenvalue weighted by molar-refractivity contribution is 6.31. The van der Waals surface area contributed by atoms with Gasteiger partial charge in [0, 0.05) is 11.6 Å². The summed E-state index contributed by atoms with van der Waals surface area (Å²) in [5, 5.41) is 13.0. The number of nitrogens with one attached hydrogen (secondary N) is 1. The molecule has 0 spiro atoms. The molecule has 1 aromatic rings. The number of halogens is 1. The van der Waals surface area contributed by atoms with Crippen molar-refractivity contribution in [2.75, 3.05) is 6.54 Å². The van der Waals surface area contributed by atoms with E-state index >= 15 is 0 Å². The Bertz CT molecular complexity index is 461. The Balaban J connectivity index is 1.92. The van der Waals surface area contributed by atoms with Crippen molar-refractivity contribution >= 4 is 17.5 Å². The summed E-state index contributed by atoms with van der Waals surface area (Å²) in [6, 6.07) is 4.51. The monoisotopic (exact) mass is 281 g/mol. The van der Waals surface area contributed by atoms with Crippen LogP contribution in [0.5, 0.6) is 5.75 Å². The molecule has 1 aliphatic carbocycles.